The molecular weight excluding hydrogens is 683 g/mol. The van der Waals surface area contributed by atoms with Crippen LogP contribution in [0.4, 0.5) is 32.0 Å². The zero-order valence-corrected chi connectivity index (χ0v) is 26.5. The minimum atomic E-state index is -5.15. The molecule has 1 aliphatic carbocycles. The summed E-state index contributed by atoms with van der Waals surface area (Å²) in [4.78, 5) is 27.8. The van der Waals surface area contributed by atoms with Gasteiger partial charge in [0, 0.05) is 10.0 Å². The zero-order chi connectivity index (χ0) is 33.7. The van der Waals surface area contributed by atoms with Gasteiger partial charge >= 0.3 is 19.5 Å². The van der Waals surface area contributed by atoms with Crippen LogP contribution in [0.5, 0.6) is 5.75 Å². The lowest BCUT2D eigenvalue weighted by molar-refractivity contribution is -0.143. The molecule has 5 rings (SSSR count). The normalized spacial score (nSPS) is 24.1. The van der Waals surface area contributed by atoms with Crippen LogP contribution in [-0.2, 0) is 26.6 Å². The van der Waals surface area contributed by atoms with Crippen LogP contribution in [0.25, 0.3) is 6.08 Å². The van der Waals surface area contributed by atoms with Crippen molar-refractivity contribution in [3.63, 3.8) is 0 Å². The van der Waals surface area contributed by atoms with Gasteiger partial charge in [-0.25, -0.2) is 4.90 Å². The first-order valence-corrected chi connectivity index (χ1v) is 15.7. The fraction of sp³-hybridized carbons (Fsp3) is 0.438. The lowest BCUT2D eigenvalue weighted by atomic mass is 9.58. The van der Waals surface area contributed by atoms with Crippen molar-refractivity contribution in [3.8, 4) is 5.75 Å². The van der Waals surface area contributed by atoms with Crippen LogP contribution in [0, 0.1) is 17.8 Å². The second-order valence-corrected chi connectivity index (χ2v) is 13.0. The molecule has 2 aliphatic heterocycles. The number of carbonyl (C=O) groups excluding carboxylic acids is 2. The number of benzene rings is 2. The molecule has 0 unspecified atom stereocenters. The predicted molar refractivity (Wildman–Crippen MR) is 162 cm³/mol. The molecule has 2 fully saturated rings. The molecule has 4 atom stereocenters. The summed E-state index contributed by atoms with van der Waals surface area (Å²) in [6.07, 6.45) is -6.61. The van der Waals surface area contributed by atoms with Crippen molar-refractivity contribution in [1.82, 2.24) is 0 Å². The number of hydrogen-bond acceptors (Lipinski definition) is 5. The highest BCUT2D eigenvalue weighted by atomic mass is 79.9. The van der Waals surface area contributed by atoms with E-state index < -0.39 is 72.0 Å². The maximum atomic E-state index is 13.8. The molecule has 0 radical (unpaired) electrons. The van der Waals surface area contributed by atoms with Gasteiger partial charge in [0.05, 0.1) is 34.8 Å². The molecule has 0 saturated carbocycles. The fourth-order valence-corrected chi connectivity index (χ4v) is 7.39. The van der Waals surface area contributed by atoms with Gasteiger partial charge in [0.1, 0.15) is 5.75 Å². The van der Waals surface area contributed by atoms with E-state index in [1.165, 1.54) is 0 Å². The first-order valence-electron chi connectivity index (χ1n) is 14.9. The summed E-state index contributed by atoms with van der Waals surface area (Å²) in [6.45, 7) is 3.78. The van der Waals surface area contributed by atoms with Crippen LogP contribution < -0.4 is 4.90 Å². The van der Waals surface area contributed by atoms with Crippen molar-refractivity contribution in [2.75, 3.05) is 4.90 Å². The van der Waals surface area contributed by atoms with Crippen molar-refractivity contribution in [2.45, 2.75) is 70.7 Å². The molecule has 0 spiro atoms. The number of carbonyl (C=O) groups is 2. The monoisotopic (exact) mass is 713 g/mol. The Labute approximate surface area is 270 Å². The first-order chi connectivity index (χ1) is 21.5. The van der Waals surface area contributed by atoms with Crippen LogP contribution in [-0.4, -0.2) is 35.2 Å². The van der Waals surface area contributed by atoms with E-state index in [1.807, 2.05) is 13.0 Å². The zero-order valence-electron chi connectivity index (χ0n) is 24.9. The van der Waals surface area contributed by atoms with Crippen molar-refractivity contribution in [3.05, 3.63) is 74.3 Å². The van der Waals surface area contributed by atoms with E-state index >= 15 is 0 Å². The smallest absolute Gasteiger partial charge is 0.455 e. The van der Waals surface area contributed by atoms with E-state index in [0.29, 0.717) is 41.9 Å². The quantitative estimate of drug-likeness (QED) is 0.131. The molecule has 46 heavy (non-hydrogen) atoms. The molecule has 2 heterocycles. The molecule has 2 amide bonds. The Morgan fingerprint density at radius 2 is 1.67 bits per heavy atom. The molecule has 2 N–H and O–H groups in total. The highest BCUT2D eigenvalue weighted by molar-refractivity contribution is 9.10. The Hall–Kier alpha value is -3.10. The molecule has 0 aromatic heterocycles. The second-order valence-electron chi connectivity index (χ2n) is 12.1. The second kappa shape index (κ2) is 12.8. The van der Waals surface area contributed by atoms with Gasteiger partial charge in [0.2, 0.25) is 11.8 Å². The van der Waals surface area contributed by atoms with E-state index in [-0.39, 0.29) is 24.6 Å². The number of aromatic hydroxyl groups is 1. The minimum Gasteiger partial charge on any atom is -0.507 e. The average Bonchev–Trinajstić information content (AvgIpc) is 3.21. The number of alkyl halides is 6. The molecule has 2 saturated heterocycles. The molecular formula is C32H31BBrF6NO5. The number of nitrogens with zero attached hydrogens (tertiary/aromatic N) is 1. The largest absolute Gasteiger partial charge is 0.507 e. The minimum absolute atomic E-state index is 0.0515. The number of halogens is 7. The standard InChI is InChI=1S/C32H31BBrF6NO5/c1-3-4-17(10-18-11-21(34)6-7-25(18)42)5-8-26-27-16(2)9-23-28(24(27)15-33(45)46-26)30(44)41(29(23)43)22-13-19(31(35,36)37)12-20(14-22)32(38,39)40/h6-7,10-14,23-24,26,28,42,45H,3-5,8-9,15H2,1-2H3/b17-10+/t23-,24+,26-,28-/m1/s1. The third-order valence-electron chi connectivity index (χ3n) is 8.93. The third kappa shape index (κ3) is 6.80. The summed E-state index contributed by atoms with van der Waals surface area (Å²) < 4.78 is 88.2. The average molecular weight is 714 g/mol. The SMILES string of the molecule is CCC/C(=C\c1cc(Br)ccc1O)CC[C@H]1OB(O)C[C@H]2C1=C(C)C[C@H]1C(=O)N(c3cc(C(F)(F)F)cc(C(F)(F)F)c3)C(=O)[C@H]12. The van der Waals surface area contributed by atoms with Crippen LogP contribution in [0.1, 0.15) is 62.6 Å². The molecule has 0 bridgehead atoms. The molecule has 14 heteroatoms. The van der Waals surface area contributed by atoms with Crippen molar-refractivity contribution in [1.29, 1.82) is 0 Å². The summed E-state index contributed by atoms with van der Waals surface area (Å²) in [7, 11) is -1.31. The van der Waals surface area contributed by atoms with E-state index in [2.05, 4.69) is 15.9 Å². The van der Waals surface area contributed by atoms with Gasteiger partial charge in [0.25, 0.3) is 0 Å². The first kappa shape index (κ1) is 34.2. The Bertz CT molecular complexity index is 1570. The van der Waals surface area contributed by atoms with Crippen LogP contribution in [0.3, 0.4) is 0 Å². The maximum absolute atomic E-state index is 13.8. The predicted octanol–water partition coefficient (Wildman–Crippen LogP) is 8.18. The van der Waals surface area contributed by atoms with Crippen molar-refractivity contribution >= 4 is 46.6 Å². The molecule has 6 nitrogen and oxygen atoms in total. The number of phenols is 1. The summed E-state index contributed by atoms with van der Waals surface area (Å²) in [5.74, 6) is -4.46. The third-order valence-corrected chi connectivity index (χ3v) is 9.42. The number of fused-ring (bicyclic) bond motifs is 3. The molecule has 3 aliphatic rings. The number of rotatable bonds is 7. The van der Waals surface area contributed by atoms with Crippen LogP contribution >= 0.6 is 15.9 Å². The lowest BCUT2D eigenvalue weighted by Gasteiger charge is -2.42. The van der Waals surface area contributed by atoms with Crippen LogP contribution in [0.2, 0.25) is 6.32 Å². The van der Waals surface area contributed by atoms with E-state index in [4.69, 9.17) is 4.65 Å². The van der Waals surface area contributed by atoms with Crippen LogP contribution in [0.15, 0.2) is 57.6 Å². The number of imide groups is 1. The Balaban J connectivity index is 1.45. The maximum Gasteiger partial charge on any atom is 0.455 e. The summed E-state index contributed by atoms with van der Waals surface area (Å²) in [6, 6.07) is 5.79. The number of anilines is 1. The lowest BCUT2D eigenvalue weighted by Crippen LogP contribution is -2.46. The highest BCUT2D eigenvalue weighted by Gasteiger charge is 2.57. The molecule has 246 valence electrons. The molecule has 2 aromatic rings. The van der Waals surface area contributed by atoms with Crippen molar-refractivity contribution in [2.24, 2.45) is 17.8 Å². The topological polar surface area (TPSA) is 87.1 Å². The van der Waals surface area contributed by atoms with Gasteiger partial charge in [-0.2, -0.15) is 26.3 Å². The van der Waals surface area contributed by atoms with Gasteiger partial charge in [-0.15, -0.1) is 0 Å². The van der Waals surface area contributed by atoms with Crippen molar-refractivity contribution < 1.29 is 50.7 Å². The summed E-state index contributed by atoms with van der Waals surface area (Å²) in [5, 5.41) is 21.1. The number of phenolic OH excluding ortho intramolecular Hbond substituents is 1. The number of amides is 2. The summed E-state index contributed by atoms with van der Waals surface area (Å²) >= 11 is 3.40. The van der Waals surface area contributed by atoms with Gasteiger partial charge in [0.15, 0.2) is 0 Å². The number of hydrogen-bond donors (Lipinski definition) is 2. The van der Waals surface area contributed by atoms with E-state index in [0.717, 1.165) is 27.6 Å². The van der Waals surface area contributed by atoms with E-state index in [1.54, 1.807) is 25.1 Å². The van der Waals surface area contributed by atoms with E-state index in [9.17, 15) is 46.1 Å². The van der Waals surface area contributed by atoms with Gasteiger partial charge in [-0.1, -0.05) is 46.5 Å². The number of allylic oxidation sites excluding steroid dienone is 2. The fourth-order valence-electron chi connectivity index (χ4n) is 7.01. The highest BCUT2D eigenvalue weighted by Crippen LogP contribution is 2.52. The Kier molecular flexibility index (Phi) is 9.56. The Morgan fingerprint density at radius 3 is 2.28 bits per heavy atom. The summed E-state index contributed by atoms with van der Waals surface area (Å²) in [5.41, 5.74) is -0.971. The van der Waals surface area contributed by atoms with Gasteiger partial charge in [-0.05, 0) is 86.8 Å². The molecule has 2 aromatic carbocycles. The van der Waals surface area contributed by atoms with Gasteiger partial charge in [-0.3, -0.25) is 9.59 Å². The van der Waals surface area contributed by atoms with Gasteiger partial charge < -0.3 is 14.8 Å². The Morgan fingerprint density at radius 1 is 1.02 bits per heavy atom.